The van der Waals surface area contributed by atoms with Crippen LogP contribution in [0.5, 0.6) is 0 Å². The van der Waals surface area contributed by atoms with E-state index < -0.39 is 0 Å². The van der Waals surface area contributed by atoms with Crippen molar-refractivity contribution in [3.8, 4) is 10.7 Å². The maximum atomic E-state index is 12.5. The molecule has 2 fully saturated rings. The van der Waals surface area contributed by atoms with Crippen LogP contribution in [0.15, 0.2) is 24.4 Å². The van der Waals surface area contributed by atoms with Gasteiger partial charge < -0.3 is 9.80 Å². The molecule has 2 aromatic heterocycles. The molecule has 0 bridgehead atoms. The molecular formula is C18H19N7O4S. The highest BCUT2D eigenvalue weighted by Gasteiger charge is 2.33. The van der Waals surface area contributed by atoms with Gasteiger partial charge in [-0.15, -0.1) is 10.2 Å². The first kappa shape index (κ1) is 19.9. The van der Waals surface area contributed by atoms with Crippen LogP contribution in [0.2, 0.25) is 0 Å². The lowest BCUT2D eigenvalue weighted by atomic mass is 10.3. The number of anilines is 1. The molecule has 0 unspecified atom stereocenters. The molecule has 12 heteroatoms. The summed E-state index contributed by atoms with van der Waals surface area (Å²) < 4.78 is 0. The van der Waals surface area contributed by atoms with Crippen LogP contribution < -0.4 is 5.32 Å². The number of carbonyl (C=O) groups is 4. The van der Waals surface area contributed by atoms with Crippen molar-refractivity contribution in [2.24, 2.45) is 0 Å². The third-order valence-corrected chi connectivity index (χ3v) is 5.75. The maximum Gasteiger partial charge on any atom is 0.323 e. The number of nitrogens with zero attached hydrogens (tertiary/aromatic N) is 6. The van der Waals surface area contributed by atoms with Gasteiger partial charge in [-0.1, -0.05) is 17.4 Å². The van der Waals surface area contributed by atoms with Gasteiger partial charge >= 0.3 is 6.03 Å². The summed E-state index contributed by atoms with van der Waals surface area (Å²) in [5, 5.41) is 11.7. The van der Waals surface area contributed by atoms with Gasteiger partial charge in [0.1, 0.15) is 12.2 Å². The highest BCUT2D eigenvalue weighted by Crippen LogP contribution is 2.24. The minimum absolute atomic E-state index is 0.160. The first-order chi connectivity index (χ1) is 14.5. The molecule has 2 saturated heterocycles. The van der Waals surface area contributed by atoms with Gasteiger partial charge in [-0.25, -0.2) is 4.79 Å². The molecule has 0 radical (unpaired) electrons. The molecule has 30 heavy (non-hydrogen) atoms. The lowest BCUT2D eigenvalue weighted by molar-refractivity contribution is -0.146. The average Bonchev–Trinajstić information content (AvgIpc) is 3.36. The van der Waals surface area contributed by atoms with Crippen molar-refractivity contribution in [2.45, 2.75) is 12.8 Å². The van der Waals surface area contributed by atoms with Gasteiger partial charge in [-0.3, -0.25) is 29.6 Å². The highest BCUT2D eigenvalue weighted by molar-refractivity contribution is 7.18. The number of nitrogens with one attached hydrogen (secondary N) is 1. The van der Waals surface area contributed by atoms with Crippen LogP contribution in [-0.4, -0.2) is 86.4 Å². The van der Waals surface area contributed by atoms with E-state index in [2.05, 4.69) is 20.5 Å². The summed E-state index contributed by atoms with van der Waals surface area (Å²) >= 11 is 1.22. The van der Waals surface area contributed by atoms with Gasteiger partial charge in [0.2, 0.25) is 22.9 Å². The van der Waals surface area contributed by atoms with Crippen molar-refractivity contribution >= 4 is 40.2 Å². The van der Waals surface area contributed by atoms with E-state index in [0.717, 1.165) is 4.90 Å². The van der Waals surface area contributed by atoms with Crippen LogP contribution in [0, 0.1) is 0 Å². The minimum Gasteiger partial charge on any atom is -0.338 e. The van der Waals surface area contributed by atoms with Crippen molar-refractivity contribution in [3.05, 3.63) is 24.4 Å². The number of rotatable bonds is 4. The van der Waals surface area contributed by atoms with Crippen LogP contribution in [0.3, 0.4) is 0 Å². The molecule has 2 aliphatic heterocycles. The molecule has 11 nitrogen and oxygen atoms in total. The molecule has 1 N–H and O–H groups in total. The summed E-state index contributed by atoms with van der Waals surface area (Å²) in [7, 11) is 0. The molecule has 4 heterocycles. The summed E-state index contributed by atoms with van der Waals surface area (Å²) in [4.78, 5) is 56.6. The van der Waals surface area contributed by atoms with E-state index in [-0.39, 0.29) is 43.1 Å². The van der Waals surface area contributed by atoms with Crippen LogP contribution in [0.4, 0.5) is 9.93 Å². The normalized spacial score (nSPS) is 16.9. The lowest BCUT2D eigenvalue weighted by Crippen LogP contribution is -2.53. The maximum absolute atomic E-state index is 12.5. The van der Waals surface area contributed by atoms with Crippen molar-refractivity contribution < 1.29 is 19.2 Å². The number of likely N-dealkylation sites (tertiary alicyclic amines) is 1. The fourth-order valence-corrected chi connectivity index (χ4v) is 3.94. The number of piperazine rings is 1. The van der Waals surface area contributed by atoms with Gasteiger partial charge in [-0.2, -0.15) is 0 Å². The molecule has 156 valence electrons. The number of amides is 5. The monoisotopic (exact) mass is 429 g/mol. The fraction of sp³-hybridized carbons (Fsp3) is 0.389. The van der Waals surface area contributed by atoms with E-state index in [4.69, 9.17) is 0 Å². The number of urea groups is 1. The van der Waals surface area contributed by atoms with Crippen molar-refractivity contribution in [1.82, 2.24) is 29.9 Å². The molecule has 4 rings (SSSR count). The Hall–Kier alpha value is -3.41. The Labute approximate surface area is 175 Å². The highest BCUT2D eigenvalue weighted by atomic mass is 32.1. The van der Waals surface area contributed by atoms with E-state index >= 15 is 0 Å². The molecule has 5 amide bonds. The molecule has 0 atom stereocenters. The van der Waals surface area contributed by atoms with Crippen molar-refractivity contribution in [3.63, 3.8) is 0 Å². The summed E-state index contributed by atoms with van der Waals surface area (Å²) in [6, 6.07) is 5.14. The van der Waals surface area contributed by atoms with Gasteiger partial charge in [0.15, 0.2) is 5.01 Å². The van der Waals surface area contributed by atoms with E-state index in [0.29, 0.717) is 42.0 Å². The zero-order valence-electron chi connectivity index (χ0n) is 16.0. The lowest BCUT2D eigenvalue weighted by Gasteiger charge is -2.35. The first-order valence-electron chi connectivity index (χ1n) is 9.43. The minimum atomic E-state index is -0.323. The third-order valence-electron chi connectivity index (χ3n) is 4.89. The quantitative estimate of drug-likeness (QED) is 0.698. The Morgan fingerprint density at radius 2 is 1.70 bits per heavy atom. The number of hydrogen-bond acceptors (Lipinski definition) is 8. The van der Waals surface area contributed by atoms with Gasteiger partial charge in [-0.05, 0) is 12.1 Å². The first-order valence-corrected chi connectivity index (χ1v) is 10.2. The van der Waals surface area contributed by atoms with E-state index in [1.54, 1.807) is 22.1 Å². The van der Waals surface area contributed by atoms with Crippen molar-refractivity contribution in [1.29, 1.82) is 0 Å². The smallest absolute Gasteiger partial charge is 0.323 e. The summed E-state index contributed by atoms with van der Waals surface area (Å²) in [5.74, 6) is -0.912. The predicted octanol–water partition coefficient (Wildman–Crippen LogP) is 0.425. The molecule has 0 aliphatic carbocycles. The Kier molecular flexibility index (Phi) is 5.65. The van der Waals surface area contributed by atoms with Gasteiger partial charge in [0.25, 0.3) is 0 Å². The molecular weight excluding hydrogens is 410 g/mol. The molecule has 2 aromatic rings. The third kappa shape index (κ3) is 4.27. The van der Waals surface area contributed by atoms with Gasteiger partial charge in [0, 0.05) is 45.2 Å². The van der Waals surface area contributed by atoms with Crippen LogP contribution in [0.1, 0.15) is 12.8 Å². The second-order valence-electron chi connectivity index (χ2n) is 6.80. The SMILES string of the molecule is O=C(CN1C(=O)CCC1=O)N1CCN(C(=O)Nc2nnc(-c3ccccn3)s2)CC1. The standard InChI is InChI=1S/C18H19N7O4S/c26-13-4-5-14(27)25(13)11-15(28)23-7-9-24(10-8-23)18(29)20-17-22-21-16(30-17)12-3-1-2-6-19-12/h1-3,6H,4-5,7-11H2,(H,20,22,29). The Morgan fingerprint density at radius 1 is 1.00 bits per heavy atom. The largest absolute Gasteiger partial charge is 0.338 e. The molecule has 0 saturated carbocycles. The van der Waals surface area contributed by atoms with Crippen LogP contribution in [-0.2, 0) is 14.4 Å². The zero-order chi connectivity index (χ0) is 21.1. The Bertz CT molecular complexity index is 956. The Morgan fingerprint density at radius 3 is 2.37 bits per heavy atom. The summed E-state index contributed by atoms with van der Waals surface area (Å²) in [6.07, 6.45) is 1.98. The average molecular weight is 429 g/mol. The number of imide groups is 1. The number of aromatic nitrogens is 3. The van der Waals surface area contributed by atoms with Crippen LogP contribution >= 0.6 is 11.3 Å². The van der Waals surface area contributed by atoms with Crippen molar-refractivity contribution in [2.75, 3.05) is 38.0 Å². The molecule has 2 aliphatic rings. The van der Waals surface area contributed by atoms with E-state index in [1.165, 1.54) is 11.3 Å². The number of hydrogen-bond donors (Lipinski definition) is 1. The Balaban J connectivity index is 1.27. The fourth-order valence-electron chi connectivity index (χ4n) is 3.23. The predicted molar refractivity (Wildman–Crippen MR) is 106 cm³/mol. The molecule has 0 spiro atoms. The second kappa shape index (κ2) is 8.53. The topological polar surface area (TPSA) is 129 Å². The second-order valence-corrected chi connectivity index (χ2v) is 7.78. The molecule has 0 aromatic carbocycles. The number of pyridine rings is 1. The van der Waals surface area contributed by atoms with E-state index in [9.17, 15) is 19.2 Å². The zero-order valence-corrected chi connectivity index (χ0v) is 16.8. The van der Waals surface area contributed by atoms with E-state index in [1.807, 2.05) is 12.1 Å². The number of carbonyl (C=O) groups excluding carboxylic acids is 4. The van der Waals surface area contributed by atoms with Crippen LogP contribution in [0.25, 0.3) is 10.7 Å². The van der Waals surface area contributed by atoms with Gasteiger partial charge in [0.05, 0.1) is 0 Å². The summed E-state index contributed by atoms with van der Waals surface area (Å²) in [6.45, 7) is 1.11. The summed E-state index contributed by atoms with van der Waals surface area (Å²) in [5.41, 5.74) is 0.678.